The molecule has 3 heterocycles. The average molecular weight is 538 g/mol. The molecule has 0 aliphatic carbocycles. The monoisotopic (exact) mass is 537 g/mol. The Labute approximate surface area is 220 Å². The number of aliphatic hydroxyl groups is 1. The van der Waals surface area contributed by atoms with Crippen LogP contribution in [0.2, 0.25) is 0 Å². The summed E-state index contributed by atoms with van der Waals surface area (Å²) in [5.74, 6) is 0.0591. The van der Waals surface area contributed by atoms with E-state index < -0.39 is 23.7 Å². The predicted octanol–water partition coefficient (Wildman–Crippen LogP) is 5.68. The van der Waals surface area contributed by atoms with Crippen LogP contribution in [0.5, 0.6) is 0 Å². The van der Waals surface area contributed by atoms with Gasteiger partial charge in [-0.3, -0.25) is 4.90 Å². The predicted molar refractivity (Wildman–Crippen MR) is 136 cm³/mol. The van der Waals surface area contributed by atoms with Crippen molar-refractivity contribution in [3.63, 3.8) is 0 Å². The van der Waals surface area contributed by atoms with Gasteiger partial charge in [0, 0.05) is 37.8 Å². The van der Waals surface area contributed by atoms with Gasteiger partial charge in [0.1, 0.15) is 23.2 Å². The number of nitrogens with zero attached hydrogens (tertiary/aromatic N) is 5. The van der Waals surface area contributed by atoms with Crippen LogP contribution in [0, 0.1) is 5.82 Å². The van der Waals surface area contributed by atoms with Crippen LogP contribution in [0.3, 0.4) is 0 Å². The highest BCUT2D eigenvalue weighted by Crippen LogP contribution is 2.39. The van der Waals surface area contributed by atoms with Crippen molar-refractivity contribution in [2.24, 2.45) is 7.05 Å². The van der Waals surface area contributed by atoms with E-state index in [4.69, 9.17) is 4.42 Å². The zero-order valence-corrected chi connectivity index (χ0v) is 20.8. The third-order valence-corrected chi connectivity index (χ3v) is 6.86. The van der Waals surface area contributed by atoms with Crippen molar-refractivity contribution < 1.29 is 27.1 Å². The van der Waals surface area contributed by atoms with Gasteiger partial charge in [-0.25, -0.2) is 9.37 Å². The summed E-state index contributed by atoms with van der Waals surface area (Å²) < 4.78 is 63.6. The highest BCUT2D eigenvalue weighted by Gasteiger charge is 2.36. The molecule has 0 saturated carbocycles. The molecule has 0 radical (unpaired) electrons. The summed E-state index contributed by atoms with van der Waals surface area (Å²) in [4.78, 5) is 6.33. The minimum absolute atomic E-state index is 0.0356. The lowest BCUT2D eigenvalue weighted by Crippen LogP contribution is -2.21. The van der Waals surface area contributed by atoms with Crippen LogP contribution in [0.25, 0.3) is 45.1 Å². The average Bonchev–Trinajstić information content (AvgIpc) is 3.62. The molecule has 1 aliphatic heterocycles. The molecular formula is C28H23F4N5O2. The molecule has 6 rings (SSSR count). The van der Waals surface area contributed by atoms with E-state index in [1.54, 1.807) is 41.9 Å². The van der Waals surface area contributed by atoms with Crippen LogP contribution in [0.1, 0.15) is 17.5 Å². The fourth-order valence-corrected chi connectivity index (χ4v) is 5.03. The second-order valence-corrected chi connectivity index (χ2v) is 9.72. The number of rotatable bonds is 5. The van der Waals surface area contributed by atoms with Crippen molar-refractivity contribution >= 4 is 11.1 Å². The van der Waals surface area contributed by atoms with Crippen molar-refractivity contribution in [3.05, 3.63) is 77.9 Å². The van der Waals surface area contributed by atoms with Gasteiger partial charge in [-0.15, -0.1) is 10.2 Å². The maximum absolute atomic E-state index is 14.2. The normalized spacial score (nSPS) is 16.4. The van der Waals surface area contributed by atoms with E-state index >= 15 is 0 Å². The largest absolute Gasteiger partial charge is 0.435 e. The Morgan fingerprint density at radius 3 is 2.59 bits per heavy atom. The molecule has 1 saturated heterocycles. The highest BCUT2D eigenvalue weighted by molar-refractivity contribution is 5.84. The van der Waals surface area contributed by atoms with E-state index in [0.717, 1.165) is 6.07 Å². The number of benzene rings is 3. The quantitative estimate of drug-likeness (QED) is 0.291. The number of aliphatic hydroxyl groups excluding tert-OH is 1. The molecule has 3 aromatic carbocycles. The number of hydrogen-bond donors (Lipinski definition) is 1. The summed E-state index contributed by atoms with van der Waals surface area (Å²) in [7, 11) is 1.75. The van der Waals surface area contributed by atoms with Crippen molar-refractivity contribution in [2.45, 2.75) is 25.2 Å². The Balaban J connectivity index is 1.42. The molecule has 7 nitrogen and oxygen atoms in total. The number of fused-ring (bicyclic) bond motifs is 1. The highest BCUT2D eigenvalue weighted by atomic mass is 19.4. The first-order valence-electron chi connectivity index (χ1n) is 12.3. The van der Waals surface area contributed by atoms with Gasteiger partial charge < -0.3 is 14.1 Å². The summed E-state index contributed by atoms with van der Waals surface area (Å²) in [6, 6.07) is 14.0. The molecule has 200 valence electrons. The molecule has 1 atom stereocenters. The van der Waals surface area contributed by atoms with Crippen molar-refractivity contribution in [1.29, 1.82) is 0 Å². The molecule has 39 heavy (non-hydrogen) atoms. The van der Waals surface area contributed by atoms with Gasteiger partial charge in [-0.05, 0) is 59.5 Å². The van der Waals surface area contributed by atoms with Crippen LogP contribution in [-0.4, -0.2) is 48.9 Å². The van der Waals surface area contributed by atoms with Crippen LogP contribution in [-0.2, 0) is 19.8 Å². The molecule has 0 spiro atoms. The van der Waals surface area contributed by atoms with E-state index in [1.165, 1.54) is 18.5 Å². The summed E-state index contributed by atoms with van der Waals surface area (Å²) in [6.07, 6.45) is -3.02. The molecule has 1 N–H and O–H groups in total. The van der Waals surface area contributed by atoms with Crippen LogP contribution in [0.15, 0.2) is 65.3 Å². The van der Waals surface area contributed by atoms with Crippen LogP contribution in [0.4, 0.5) is 17.6 Å². The zero-order valence-electron chi connectivity index (χ0n) is 20.8. The molecule has 1 fully saturated rings. The summed E-state index contributed by atoms with van der Waals surface area (Å²) in [5, 5.41) is 17.8. The Bertz CT molecular complexity index is 1680. The molecule has 5 aromatic rings. The number of halogens is 4. The van der Waals surface area contributed by atoms with Crippen molar-refractivity contribution in [2.75, 3.05) is 13.1 Å². The first-order valence-corrected chi connectivity index (χ1v) is 12.3. The van der Waals surface area contributed by atoms with Crippen LogP contribution < -0.4 is 0 Å². The molecule has 1 aliphatic rings. The molecular weight excluding hydrogens is 514 g/mol. The fraction of sp³-hybridized carbons (Fsp3) is 0.250. The van der Waals surface area contributed by atoms with Crippen LogP contribution >= 0.6 is 0 Å². The van der Waals surface area contributed by atoms with Gasteiger partial charge in [-0.1, -0.05) is 18.2 Å². The molecule has 0 amide bonds. The third kappa shape index (κ3) is 4.90. The topological polar surface area (TPSA) is 80.2 Å². The van der Waals surface area contributed by atoms with E-state index in [1.807, 2.05) is 11.0 Å². The standard InChI is InChI=1S/C28H23F4N5O2/c1-36-15-33-35-26(36)22-12-19(29)5-6-21(22)17-3-2-4-18(11-17)27-34-24-10-16(13-37-8-7-20(38)14-37)9-23(25(24)39-27)28(30,31)32/h2-6,9-12,15,20,38H,7-8,13-14H2,1H3. The zero-order chi connectivity index (χ0) is 27.3. The lowest BCUT2D eigenvalue weighted by Gasteiger charge is -2.16. The SMILES string of the molecule is Cn1cnnc1-c1cc(F)ccc1-c1cccc(-c2nc3cc(CN4CCC(O)C4)cc(C(F)(F)F)c3o2)c1. The maximum Gasteiger partial charge on any atom is 0.420 e. The smallest absolute Gasteiger partial charge is 0.420 e. The molecule has 0 bridgehead atoms. The van der Waals surface area contributed by atoms with Crippen molar-refractivity contribution in [1.82, 2.24) is 24.6 Å². The minimum Gasteiger partial charge on any atom is -0.435 e. The first-order chi connectivity index (χ1) is 18.7. The van der Waals surface area contributed by atoms with Gasteiger partial charge >= 0.3 is 6.18 Å². The lowest BCUT2D eigenvalue weighted by molar-refractivity contribution is -0.136. The lowest BCUT2D eigenvalue weighted by atomic mass is 9.97. The summed E-state index contributed by atoms with van der Waals surface area (Å²) in [5.41, 5.74) is 1.63. The number of β-amino-alcohol motifs (C(OH)–C–C–N with tert-alkyl or cyclic N) is 1. The van der Waals surface area contributed by atoms with Gasteiger partial charge in [0.25, 0.3) is 0 Å². The van der Waals surface area contributed by atoms with E-state index in [-0.39, 0.29) is 23.5 Å². The Morgan fingerprint density at radius 1 is 1.05 bits per heavy atom. The Kier molecular flexibility index (Phi) is 6.19. The molecule has 1 unspecified atom stereocenters. The van der Waals surface area contributed by atoms with Gasteiger partial charge in [0.05, 0.1) is 6.10 Å². The summed E-state index contributed by atoms with van der Waals surface area (Å²) in [6.45, 7) is 1.29. The van der Waals surface area contributed by atoms with Crippen molar-refractivity contribution in [3.8, 4) is 34.0 Å². The number of aryl methyl sites for hydroxylation is 1. The summed E-state index contributed by atoms with van der Waals surface area (Å²) >= 11 is 0. The van der Waals surface area contributed by atoms with E-state index in [2.05, 4.69) is 15.2 Å². The minimum atomic E-state index is -4.64. The fourth-order valence-electron chi connectivity index (χ4n) is 5.03. The number of likely N-dealkylation sites (tertiary alicyclic amines) is 1. The van der Waals surface area contributed by atoms with Gasteiger partial charge in [0.2, 0.25) is 5.89 Å². The van der Waals surface area contributed by atoms with E-state index in [0.29, 0.717) is 53.2 Å². The molecule has 11 heteroatoms. The second-order valence-electron chi connectivity index (χ2n) is 9.72. The number of hydrogen-bond acceptors (Lipinski definition) is 6. The first kappa shape index (κ1) is 25.2. The van der Waals surface area contributed by atoms with Gasteiger partial charge in [-0.2, -0.15) is 13.2 Å². The third-order valence-electron chi connectivity index (χ3n) is 6.86. The molecule has 2 aromatic heterocycles. The van der Waals surface area contributed by atoms with Gasteiger partial charge in [0.15, 0.2) is 11.4 Å². The number of aromatic nitrogens is 4. The number of oxazole rings is 1. The maximum atomic E-state index is 14.2. The Hall–Kier alpha value is -4.09. The number of alkyl halides is 3. The second kappa shape index (κ2) is 9.58. The van der Waals surface area contributed by atoms with E-state index in [9.17, 15) is 22.7 Å². The Morgan fingerprint density at radius 2 is 1.87 bits per heavy atom.